The Morgan fingerprint density at radius 1 is 0.417 bits per heavy atom. The first-order chi connectivity index (χ1) is 46.7. The fourth-order valence-electron chi connectivity index (χ4n) is 15.2. The molecule has 0 saturated heterocycles. The summed E-state index contributed by atoms with van der Waals surface area (Å²) in [5, 5.41) is 22.7. The van der Waals surface area contributed by atoms with Gasteiger partial charge < -0.3 is 34.7 Å². The number of carbonyl (C=O) groups excluding carboxylic acids is 5. The van der Waals surface area contributed by atoms with Crippen LogP contribution in [0.1, 0.15) is 158 Å². The Morgan fingerprint density at radius 3 is 1.12 bits per heavy atom. The molecule has 2 heterocycles. The molecule has 14 nitrogen and oxygen atoms in total. The van der Waals surface area contributed by atoms with E-state index in [2.05, 4.69) is 38.3 Å². The van der Waals surface area contributed by atoms with Gasteiger partial charge in [-0.15, -0.1) is 0 Å². The Kier molecular flexibility index (Phi) is 16.4. The molecule has 0 aromatic heterocycles. The number of fused-ring (bicyclic) bond motifs is 2. The van der Waals surface area contributed by atoms with E-state index in [4.69, 9.17) is 18.9 Å². The Hall–Kier alpha value is -10.6. The molecular formula is C82H74N4O10. The van der Waals surface area contributed by atoms with Gasteiger partial charge in [0, 0.05) is 60.0 Å². The summed E-state index contributed by atoms with van der Waals surface area (Å²) in [6.45, 7) is 8.42. The van der Waals surface area contributed by atoms with E-state index in [-0.39, 0.29) is 80.7 Å². The van der Waals surface area contributed by atoms with Crippen LogP contribution >= 0.6 is 0 Å². The molecule has 4 aliphatic rings. The molecule has 3 unspecified atom stereocenters. The summed E-state index contributed by atoms with van der Waals surface area (Å²) in [5.74, 6) is 0.139. The summed E-state index contributed by atoms with van der Waals surface area (Å²) >= 11 is 0. The first-order valence-corrected chi connectivity index (χ1v) is 33.7. The van der Waals surface area contributed by atoms with E-state index in [1.807, 2.05) is 133 Å². The van der Waals surface area contributed by atoms with Gasteiger partial charge in [0.05, 0.1) is 16.7 Å². The van der Waals surface area contributed by atoms with Gasteiger partial charge >= 0.3 is 0 Å². The number of benzene rings is 11. The minimum Gasteiger partial charge on any atom is -0.457 e. The molecule has 96 heavy (non-hydrogen) atoms. The van der Waals surface area contributed by atoms with Crippen LogP contribution in [0.5, 0.6) is 46.0 Å². The highest BCUT2D eigenvalue weighted by atomic mass is 16.5. The second-order valence-electron chi connectivity index (χ2n) is 26.8. The Bertz CT molecular complexity index is 4680. The smallest absolute Gasteiger partial charge is 0.262 e. The molecule has 5 amide bonds. The van der Waals surface area contributed by atoms with Crippen molar-refractivity contribution in [2.24, 2.45) is 11.8 Å². The van der Waals surface area contributed by atoms with Crippen LogP contribution in [0.2, 0.25) is 0 Å². The monoisotopic (exact) mass is 1270 g/mol. The molecule has 3 atom stereocenters. The highest BCUT2D eigenvalue weighted by molar-refractivity contribution is 6.43. The van der Waals surface area contributed by atoms with Crippen LogP contribution in [-0.4, -0.2) is 56.5 Å². The lowest BCUT2D eigenvalue weighted by Gasteiger charge is -2.40. The third-order valence-corrected chi connectivity index (χ3v) is 20.0. The second-order valence-corrected chi connectivity index (χ2v) is 26.8. The second kappa shape index (κ2) is 25.6. The maximum absolute atomic E-state index is 16.4. The molecule has 0 spiro atoms. The van der Waals surface area contributed by atoms with E-state index in [0.29, 0.717) is 78.5 Å². The third kappa shape index (κ3) is 11.4. The number of rotatable bonds is 20. The van der Waals surface area contributed by atoms with Crippen molar-refractivity contribution in [3.8, 4) is 46.0 Å². The van der Waals surface area contributed by atoms with E-state index in [9.17, 15) is 5.11 Å². The van der Waals surface area contributed by atoms with Gasteiger partial charge in [0.1, 0.15) is 58.1 Å². The van der Waals surface area contributed by atoms with Crippen LogP contribution in [0.3, 0.4) is 0 Å². The quantitative estimate of drug-likeness (QED) is 0.0379. The zero-order valence-corrected chi connectivity index (χ0v) is 54.1. The number of carbonyl (C=O) groups is 5. The maximum Gasteiger partial charge on any atom is 0.262 e. The van der Waals surface area contributed by atoms with Gasteiger partial charge in [0.25, 0.3) is 17.7 Å². The molecule has 11 aromatic rings. The number of nitrogens with one attached hydrogen (secondary N) is 2. The van der Waals surface area contributed by atoms with E-state index in [0.717, 1.165) is 67.4 Å². The lowest BCUT2D eigenvalue weighted by molar-refractivity contribution is -0.125. The van der Waals surface area contributed by atoms with Gasteiger partial charge in [-0.2, -0.15) is 0 Å². The van der Waals surface area contributed by atoms with Gasteiger partial charge in [-0.25, -0.2) is 0 Å². The standard InChI is InChI=1S/C82H74N4O10/c1-47(2)51-33-37-53(38-34-51)83-77(87)63(41-49-21-17-18-22-49)85-79(89)59-43-65(93-55-25-9-5-10-26-55)71-73-67(95-57-29-13-7-14-30-57)45-61-70-62(82(92)86(81(61)91)64(42-50-23-19-20-24-50)78(88)84-54-39-35-52(36-40-54)48(3)4)46-68(96-58-31-15-8-16-32-58)74(76(70)73)72-66(94-56-27-11-6-12-28-56)44-60(80(85)90)69(59)75(71)72/h5-16,25-40,43-50,63-64,79,89H,17-24,41-42H2,1-4H3,(H,83,87)(H,84,88). The molecule has 2 aliphatic heterocycles. The van der Waals surface area contributed by atoms with Crippen molar-refractivity contribution in [2.45, 2.75) is 122 Å². The van der Waals surface area contributed by atoms with Gasteiger partial charge in [0.15, 0.2) is 6.23 Å². The number of amides is 5. The molecule has 0 bridgehead atoms. The number of aliphatic hydroxyl groups excluding tert-OH is 1. The Labute approximate surface area is 557 Å². The Balaban J connectivity index is 1.03. The molecule has 11 aromatic carbocycles. The van der Waals surface area contributed by atoms with Crippen molar-refractivity contribution >= 4 is 84.0 Å². The summed E-state index contributed by atoms with van der Waals surface area (Å²) in [7, 11) is 0. The normalized spacial score (nSPS) is 16.4. The topological polar surface area (TPSA) is 173 Å². The lowest BCUT2D eigenvalue weighted by Crippen LogP contribution is -2.52. The van der Waals surface area contributed by atoms with Gasteiger partial charge in [-0.1, -0.05) is 176 Å². The SMILES string of the molecule is CC(C)c1ccc(NC(=O)C(CC2CCCC2)N2C(=O)c3cc(Oc4ccccc4)c4c5c(Oc6ccccc6)cc6c7c(cc(Oc8ccccc8)c(c8c(Oc9ccccc9)cc(c3c48)C2=O)c75)C(O)N(C(CC2CCCC2)C(=O)Nc2ccc(C(C)C)cc2)C6=O)cc1. The predicted molar refractivity (Wildman–Crippen MR) is 374 cm³/mol. The van der Waals surface area contributed by atoms with Crippen LogP contribution in [-0.2, 0) is 9.59 Å². The van der Waals surface area contributed by atoms with Crippen molar-refractivity contribution in [1.82, 2.24) is 9.80 Å². The highest BCUT2D eigenvalue weighted by Gasteiger charge is 2.47. The van der Waals surface area contributed by atoms with Gasteiger partial charge in [-0.3, -0.25) is 33.8 Å². The predicted octanol–water partition coefficient (Wildman–Crippen LogP) is 19.4. The van der Waals surface area contributed by atoms with Crippen molar-refractivity contribution < 1.29 is 48.0 Å². The molecular weight excluding hydrogens is 1200 g/mol. The zero-order chi connectivity index (χ0) is 65.9. The molecule has 2 saturated carbocycles. The Morgan fingerprint density at radius 2 is 0.750 bits per heavy atom. The van der Waals surface area contributed by atoms with Crippen LogP contribution < -0.4 is 29.6 Å². The van der Waals surface area contributed by atoms with Gasteiger partial charge in [-0.05, 0) is 145 Å². The van der Waals surface area contributed by atoms with Crippen LogP contribution in [0.4, 0.5) is 11.4 Å². The first kappa shape index (κ1) is 61.6. The number of hydrogen-bond donors (Lipinski definition) is 3. The van der Waals surface area contributed by atoms with Crippen LogP contribution in [0, 0.1) is 11.8 Å². The van der Waals surface area contributed by atoms with Crippen molar-refractivity contribution in [1.29, 1.82) is 0 Å². The van der Waals surface area contributed by atoms with E-state index < -0.39 is 47.8 Å². The number of para-hydroxylation sites is 4. The molecule has 14 heteroatoms. The third-order valence-electron chi connectivity index (χ3n) is 20.0. The van der Waals surface area contributed by atoms with Crippen molar-refractivity contribution in [2.75, 3.05) is 10.6 Å². The van der Waals surface area contributed by atoms with E-state index in [1.165, 1.54) is 4.90 Å². The van der Waals surface area contributed by atoms with E-state index in [1.54, 1.807) is 60.7 Å². The lowest BCUT2D eigenvalue weighted by atomic mass is 9.80. The van der Waals surface area contributed by atoms with Crippen molar-refractivity contribution in [3.05, 3.63) is 228 Å². The molecule has 482 valence electrons. The minimum atomic E-state index is -1.71. The van der Waals surface area contributed by atoms with Crippen molar-refractivity contribution in [3.63, 3.8) is 0 Å². The summed E-state index contributed by atoms with van der Waals surface area (Å²) < 4.78 is 28.8. The van der Waals surface area contributed by atoms with Gasteiger partial charge in [0.2, 0.25) is 11.8 Å². The molecule has 0 radical (unpaired) electrons. The largest absolute Gasteiger partial charge is 0.457 e. The average Bonchev–Trinajstić information content (AvgIpc) is 0.813. The molecule has 2 fully saturated rings. The minimum absolute atomic E-state index is 0.0559. The number of anilines is 2. The first-order valence-electron chi connectivity index (χ1n) is 33.7. The number of ether oxygens (including phenoxy) is 4. The average molecular weight is 1280 g/mol. The van der Waals surface area contributed by atoms with Crippen LogP contribution in [0.25, 0.3) is 43.1 Å². The summed E-state index contributed by atoms with van der Waals surface area (Å²) in [6.07, 6.45) is 6.12. The van der Waals surface area contributed by atoms with Crippen LogP contribution in [0.15, 0.2) is 194 Å². The maximum atomic E-state index is 16.4. The van der Waals surface area contributed by atoms with E-state index >= 15 is 24.0 Å². The molecule has 15 rings (SSSR count). The fourth-order valence-corrected chi connectivity index (χ4v) is 15.2. The number of nitrogens with zero attached hydrogens (tertiary/aromatic N) is 2. The summed E-state index contributed by atoms with van der Waals surface area (Å²) in [4.78, 5) is 82.1. The summed E-state index contributed by atoms with van der Waals surface area (Å²) in [6, 6.07) is 56.4. The molecule has 3 N–H and O–H groups in total. The zero-order valence-electron chi connectivity index (χ0n) is 54.1. The summed E-state index contributed by atoms with van der Waals surface area (Å²) in [5.41, 5.74) is 3.92. The number of aliphatic hydroxyl groups is 1. The molecule has 2 aliphatic carbocycles. The fraction of sp³-hybridized carbons (Fsp3) is 0.256. The highest BCUT2D eigenvalue weighted by Crippen LogP contribution is 2.59. The number of hydrogen-bond acceptors (Lipinski definition) is 10. The number of imide groups is 1.